The van der Waals surface area contributed by atoms with Gasteiger partial charge in [-0.2, -0.15) is 4.99 Å². The minimum atomic E-state index is -0.393. The minimum Gasteiger partial charge on any atom is -0.507 e. The van der Waals surface area contributed by atoms with Gasteiger partial charge < -0.3 is 5.11 Å². The van der Waals surface area contributed by atoms with Crippen LogP contribution in [0.25, 0.3) is 0 Å². The van der Waals surface area contributed by atoms with E-state index in [4.69, 9.17) is 0 Å². The molecule has 0 heterocycles. The molecule has 15 heavy (non-hydrogen) atoms. The van der Waals surface area contributed by atoms with Crippen molar-refractivity contribution in [3.05, 3.63) is 23.8 Å². The minimum absolute atomic E-state index is 0.257. The van der Waals surface area contributed by atoms with Crippen LogP contribution in [0.5, 0.6) is 5.75 Å². The molecule has 1 aromatic carbocycles. The fraction of sp³-hybridized carbons (Fsp3) is 0.364. The highest BCUT2D eigenvalue weighted by Gasteiger charge is 2.45. The summed E-state index contributed by atoms with van der Waals surface area (Å²) < 4.78 is 0. The SMILES string of the molecule is CSc1ccc(C2(N=C=O)CC2)cc1O. The van der Waals surface area contributed by atoms with Crippen LogP contribution in [0.15, 0.2) is 28.1 Å². The molecule has 0 saturated heterocycles. The third kappa shape index (κ3) is 1.78. The lowest BCUT2D eigenvalue weighted by atomic mass is 10.1. The molecule has 3 nitrogen and oxygen atoms in total. The summed E-state index contributed by atoms with van der Waals surface area (Å²) in [5.41, 5.74) is 0.511. The summed E-state index contributed by atoms with van der Waals surface area (Å²) in [5, 5.41) is 9.69. The number of thioether (sulfide) groups is 1. The van der Waals surface area contributed by atoms with E-state index in [1.54, 1.807) is 12.1 Å². The van der Waals surface area contributed by atoms with Gasteiger partial charge in [-0.15, -0.1) is 11.8 Å². The van der Waals surface area contributed by atoms with Crippen molar-refractivity contribution in [2.75, 3.05) is 6.26 Å². The number of hydrogen-bond donors (Lipinski definition) is 1. The lowest BCUT2D eigenvalue weighted by molar-refractivity contribution is 0.460. The Bertz CT molecular complexity index is 434. The molecule has 0 aromatic heterocycles. The molecule has 0 bridgehead atoms. The van der Waals surface area contributed by atoms with E-state index in [2.05, 4.69) is 4.99 Å². The number of aromatic hydroxyl groups is 1. The molecule has 1 saturated carbocycles. The first-order valence-electron chi connectivity index (χ1n) is 4.68. The lowest BCUT2D eigenvalue weighted by Gasteiger charge is -2.09. The molecule has 0 aliphatic heterocycles. The van der Waals surface area contributed by atoms with E-state index in [0.717, 1.165) is 23.3 Å². The zero-order valence-electron chi connectivity index (χ0n) is 8.36. The number of aliphatic imine (C=N–C) groups is 1. The summed E-state index contributed by atoms with van der Waals surface area (Å²) in [5.74, 6) is 0.257. The van der Waals surface area contributed by atoms with Crippen LogP contribution in [-0.4, -0.2) is 17.4 Å². The van der Waals surface area contributed by atoms with Gasteiger partial charge in [0.15, 0.2) is 0 Å². The molecule has 0 amide bonds. The molecule has 0 radical (unpaired) electrons. The van der Waals surface area contributed by atoms with E-state index in [0.29, 0.717) is 0 Å². The number of benzene rings is 1. The van der Waals surface area contributed by atoms with E-state index in [1.807, 2.05) is 18.4 Å². The normalized spacial score (nSPS) is 16.9. The van der Waals surface area contributed by atoms with Crippen LogP contribution < -0.4 is 0 Å². The van der Waals surface area contributed by atoms with Crippen LogP contribution in [0.3, 0.4) is 0 Å². The Kier molecular flexibility index (Phi) is 2.55. The van der Waals surface area contributed by atoms with Crippen LogP contribution in [0.2, 0.25) is 0 Å². The molecule has 1 aliphatic carbocycles. The second-order valence-electron chi connectivity index (χ2n) is 3.62. The van der Waals surface area contributed by atoms with Gasteiger partial charge in [0.25, 0.3) is 0 Å². The van der Waals surface area contributed by atoms with E-state index >= 15 is 0 Å². The van der Waals surface area contributed by atoms with Gasteiger partial charge >= 0.3 is 0 Å². The second-order valence-corrected chi connectivity index (χ2v) is 4.47. The summed E-state index contributed by atoms with van der Waals surface area (Å²) in [6.07, 6.45) is 5.24. The van der Waals surface area contributed by atoms with Gasteiger partial charge in [-0.05, 0) is 36.8 Å². The number of phenols is 1. The molecule has 1 aromatic rings. The Morgan fingerprint density at radius 3 is 2.73 bits per heavy atom. The van der Waals surface area contributed by atoms with Crippen molar-refractivity contribution in [2.45, 2.75) is 23.3 Å². The van der Waals surface area contributed by atoms with Crippen molar-refractivity contribution < 1.29 is 9.90 Å². The molecule has 1 aliphatic rings. The standard InChI is InChI=1S/C11H11NO2S/c1-15-10-3-2-8(6-9(10)14)11(4-5-11)12-7-13/h2-3,6,14H,4-5H2,1H3. The van der Waals surface area contributed by atoms with Crippen molar-refractivity contribution in [2.24, 2.45) is 4.99 Å². The molecule has 2 rings (SSSR count). The average molecular weight is 221 g/mol. The Balaban J connectivity index is 2.38. The largest absolute Gasteiger partial charge is 0.507 e. The van der Waals surface area contributed by atoms with Crippen molar-refractivity contribution >= 4 is 17.8 Å². The molecule has 0 atom stereocenters. The van der Waals surface area contributed by atoms with Gasteiger partial charge in [0, 0.05) is 4.90 Å². The number of isocyanates is 1. The highest BCUT2D eigenvalue weighted by Crippen LogP contribution is 2.50. The third-order valence-electron chi connectivity index (χ3n) is 2.70. The maximum atomic E-state index is 10.3. The number of hydrogen-bond acceptors (Lipinski definition) is 4. The lowest BCUT2D eigenvalue weighted by Crippen LogP contribution is -2.01. The molecule has 0 spiro atoms. The van der Waals surface area contributed by atoms with Crippen LogP contribution in [0, 0.1) is 0 Å². The fourth-order valence-electron chi connectivity index (χ4n) is 1.65. The average Bonchev–Trinajstić information content (AvgIpc) is 2.99. The smallest absolute Gasteiger partial charge is 0.235 e. The number of phenolic OH excluding ortho intramolecular Hbond substituents is 1. The van der Waals surface area contributed by atoms with Crippen molar-refractivity contribution in [1.29, 1.82) is 0 Å². The van der Waals surface area contributed by atoms with Crippen molar-refractivity contribution in [3.8, 4) is 5.75 Å². The number of carbonyl (C=O) groups excluding carboxylic acids is 1. The first-order valence-corrected chi connectivity index (χ1v) is 5.91. The van der Waals surface area contributed by atoms with Crippen LogP contribution in [0.4, 0.5) is 0 Å². The van der Waals surface area contributed by atoms with Gasteiger partial charge in [-0.25, -0.2) is 4.79 Å². The van der Waals surface area contributed by atoms with Gasteiger partial charge in [-0.3, -0.25) is 0 Å². The summed E-state index contributed by atoms with van der Waals surface area (Å²) in [6, 6.07) is 5.47. The Morgan fingerprint density at radius 1 is 1.53 bits per heavy atom. The fourth-order valence-corrected chi connectivity index (χ4v) is 2.12. The maximum absolute atomic E-state index is 10.3. The molecule has 4 heteroatoms. The van der Waals surface area contributed by atoms with E-state index < -0.39 is 5.54 Å². The molecule has 1 fully saturated rings. The highest BCUT2D eigenvalue weighted by molar-refractivity contribution is 7.98. The predicted octanol–water partition coefficient (Wildman–Crippen LogP) is 2.44. The molecule has 1 N–H and O–H groups in total. The van der Waals surface area contributed by atoms with Gasteiger partial charge in [-0.1, -0.05) is 6.07 Å². The van der Waals surface area contributed by atoms with Crippen molar-refractivity contribution in [3.63, 3.8) is 0 Å². The van der Waals surface area contributed by atoms with E-state index in [-0.39, 0.29) is 5.75 Å². The first-order chi connectivity index (χ1) is 7.22. The summed E-state index contributed by atoms with van der Waals surface area (Å²) >= 11 is 1.49. The van der Waals surface area contributed by atoms with E-state index in [9.17, 15) is 9.90 Å². The third-order valence-corrected chi connectivity index (χ3v) is 3.48. The summed E-state index contributed by atoms with van der Waals surface area (Å²) in [4.78, 5) is 14.9. The van der Waals surface area contributed by atoms with Crippen LogP contribution >= 0.6 is 11.8 Å². The molecule has 0 unspecified atom stereocenters. The zero-order chi connectivity index (χ0) is 10.9. The molecule has 78 valence electrons. The summed E-state index contributed by atoms with van der Waals surface area (Å²) in [7, 11) is 0. The quantitative estimate of drug-likeness (QED) is 0.484. The number of nitrogens with zero attached hydrogens (tertiary/aromatic N) is 1. The van der Waals surface area contributed by atoms with Crippen LogP contribution in [-0.2, 0) is 10.3 Å². The zero-order valence-corrected chi connectivity index (χ0v) is 9.17. The first kappa shape index (κ1) is 10.3. The van der Waals surface area contributed by atoms with Gasteiger partial charge in [0.1, 0.15) is 5.75 Å². The molecular weight excluding hydrogens is 210 g/mol. The van der Waals surface area contributed by atoms with Crippen LogP contribution in [0.1, 0.15) is 18.4 Å². The topological polar surface area (TPSA) is 49.7 Å². The maximum Gasteiger partial charge on any atom is 0.235 e. The van der Waals surface area contributed by atoms with E-state index in [1.165, 1.54) is 11.8 Å². The van der Waals surface area contributed by atoms with Crippen molar-refractivity contribution in [1.82, 2.24) is 0 Å². The number of rotatable bonds is 3. The second kappa shape index (κ2) is 3.72. The monoisotopic (exact) mass is 221 g/mol. The highest BCUT2D eigenvalue weighted by atomic mass is 32.2. The Hall–Kier alpha value is -1.25. The Morgan fingerprint density at radius 2 is 2.27 bits per heavy atom. The predicted molar refractivity (Wildman–Crippen MR) is 58.9 cm³/mol. The van der Waals surface area contributed by atoms with Gasteiger partial charge in [0.2, 0.25) is 6.08 Å². The summed E-state index contributed by atoms with van der Waals surface area (Å²) in [6.45, 7) is 0. The Labute approximate surface area is 92.2 Å². The van der Waals surface area contributed by atoms with Gasteiger partial charge in [0.05, 0.1) is 5.54 Å². The molecular formula is C11H11NO2S.